The van der Waals surface area contributed by atoms with Crippen LogP contribution in [0.25, 0.3) is 10.8 Å². The fraction of sp³-hybridized carbons (Fsp3) is 0.0800. The average Bonchev–Trinajstić information content (AvgIpc) is 2.77. The monoisotopic (exact) mass is 368 g/mol. The van der Waals surface area contributed by atoms with Crippen molar-refractivity contribution in [2.24, 2.45) is 0 Å². The number of hydrogen-bond acceptors (Lipinski definition) is 3. The van der Waals surface area contributed by atoms with Crippen LogP contribution in [0.4, 0.5) is 0 Å². The average molecular weight is 368 g/mol. The molecule has 4 rings (SSSR count). The van der Waals surface area contributed by atoms with Crippen molar-refractivity contribution in [3.8, 4) is 11.5 Å². The summed E-state index contributed by atoms with van der Waals surface area (Å²) in [4.78, 5) is 13.0. The van der Waals surface area contributed by atoms with E-state index in [9.17, 15) is 4.79 Å². The predicted octanol–water partition coefficient (Wildman–Crippen LogP) is 5.66. The smallest absolute Gasteiger partial charge is 0.193 e. The third-order valence-electron chi connectivity index (χ3n) is 4.67. The van der Waals surface area contributed by atoms with Crippen LogP contribution in [0.3, 0.4) is 0 Å². The predicted molar refractivity (Wildman–Crippen MR) is 111 cm³/mol. The summed E-state index contributed by atoms with van der Waals surface area (Å²) in [6.07, 6.45) is 0. The van der Waals surface area contributed by atoms with Gasteiger partial charge in [0.2, 0.25) is 0 Å². The maximum atomic E-state index is 13.0. The number of methoxy groups -OCH3 is 1. The maximum Gasteiger partial charge on any atom is 0.193 e. The third kappa shape index (κ3) is 3.74. The second kappa shape index (κ2) is 7.97. The highest BCUT2D eigenvalue weighted by molar-refractivity contribution is 6.11. The Kier molecular flexibility index (Phi) is 5.07. The number of carbonyl (C=O) groups excluding carboxylic acids is 1. The number of fused-ring (bicyclic) bond motifs is 1. The molecule has 0 saturated carbocycles. The fourth-order valence-electron chi connectivity index (χ4n) is 3.16. The van der Waals surface area contributed by atoms with E-state index in [-0.39, 0.29) is 5.78 Å². The molecule has 4 aromatic rings. The van der Waals surface area contributed by atoms with E-state index in [1.807, 2.05) is 72.8 Å². The lowest BCUT2D eigenvalue weighted by Crippen LogP contribution is -2.03. The van der Waals surface area contributed by atoms with Gasteiger partial charge in [0.05, 0.1) is 7.11 Å². The molecule has 138 valence electrons. The quantitative estimate of drug-likeness (QED) is 0.412. The zero-order chi connectivity index (χ0) is 19.3. The lowest BCUT2D eigenvalue weighted by atomic mass is 9.99. The molecule has 3 heteroatoms. The van der Waals surface area contributed by atoms with Crippen LogP contribution in [0.2, 0.25) is 0 Å². The zero-order valence-corrected chi connectivity index (χ0v) is 15.6. The molecule has 0 N–H and O–H groups in total. The third-order valence-corrected chi connectivity index (χ3v) is 4.67. The Morgan fingerprint density at radius 2 is 1.39 bits per heavy atom. The molecule has 0 unspecified atom stereocenters. The summed E-state index contributed by atoms with van der Waals surface area (Å²) in [5.74, 6) is 1.11. The van der Waals surface area contributed by atoms with E-state index in [0.29, 0.717) is 29.2 Å². The van der Waals surface area contributed by atoms with Gasteiger partial charge in [0.25, 0.3) is 0 Å². The molecule has 4 aromatic carbocycles. The second-order valence-corrected chi connectivity index (χ2v) is 6.53. The molecule has 0 aliphatic heterocycles. The Labute approximate surface area is 164 Å². The Morgan fingerprint density at radius 3 is 2.18 bits per heavy atom. The highest BCUT2D eigenvalue weighted by atomic mass is 16.5. The molecule has 28 heavy (non-hydrogen) atoms. The number of benzene rings is 4. The summed E-state index contributed by atoms with van der Waals surface area (Å²) < 4.78 is 11.3. The molecule has 0 fully saturated rings. The normalized spacial score (nSPS) is 10.6. The van der Waals surface area contributed by atoms with E-state index in [1.165, 1.54) is 0 Å². The standard InChI is InChI=1S/C25H20O3/c1-27-24-16-22(13-14-23(24)28-17-18-7-3-2-4-8-18)25(26)21-12-11-19-9-5-6-10-20(19)15-21/h2-16H,17H2,1H3. The molecular formula is C25H20O3. The number of ether oxygens (including phenoxy) is 2. The van der Waals surface area contributed by atoms with Crippen LogP contribution >= 0.6 is 0 Å². The van der Waals surface area contributed by atoms with Crippen molar-refractivity contribution in [1.29, 1.82) is 0 Å². The minimum Gasteiger partial charge on any atom is -0.493 e. The molecular weight excluding hydrogens is 348 g/mol. The molecule has 0 aromatic heterocycles. The summed E-state index contributed by atoms with van der Waals surface area (Å²) in [6.45, 7) is 0.440. The van der Waals surface area contributed by atoms with Crippen molar-refractivity contribution in [3.05, 3.63) is 108 Å². The van der Waals surface area contributed by atoms with Crippen LogP contribution in [-0.4, -0.2) is 12.9 Å². The Morgan fingerprint density at radius 1 is 0.714 bits per heavy atom. The Balaban J connectivity index is 1.58. The van der Waals surface area contributed by atoms with E-state index in [1.54, 1.807) is 25.3 Å². The molecule has 0 aliphatic carbocycles. The lowest BCUT2D eigenvalue weighted by Gasteiger charge is -2.12. The van der Waals surface area contributed by atoms with Crippen LogP contribution in [0.5, 0.6) is 11.5 Å². The van der Waals surface area contributed by atoms with E-state index >= 15 is 0 Å². The fourth-order valence-corrected chi connectivity index (χ4v) is 3.16. The van der Waals surface area contributed by atoms with Crippen LogP contribution in [0, 0.1) is 0 Å². The van der Waals surface area contributed by atoms with Crippen LogP contribution < -0.4 is 9.47 Å². The van der Waals surface area contributed by atoms with Gasteiger partial charge in [0, 0.05) is 11.1 Å². The number of ketones is 1. The summed E-state index contributed by atoms with van der Waals surface area (Å²) in [5, 5.41) is 2.16. The Bertz CT molecular complexity index is 1120. The van der Waals surface area contributed by atoms with Crippen molar-refractivity contribution in [1.82, 2.24) is 0 Å². The molecule has 0 saturated heterocycles. The van der Waals surface area contributed by atoms with Gasteiger partial charge >= 0.3 is 0 Å². The molecule has 0 atom stereocenters. The molecule has 0 spiro atoms. The van der Waals surface area contributed by atoms with Gasteiger partial charge < -0.3 is 9.47 Å². The van der Waals surface area contributed by atoms with Gasteiger partial charge in [-0.05, 0) is 40.6 Å². The van der Waals surface area contributed by atoms with Crippen LogP contribution in [0.15, 0.2) is 91.0 Å². The summed E-state index contributed by atoms with van der Waals surface area (Å²) >= 11 is 0. The van der Waals surface area contributed by atoms with Gasteiger partial charge in [-0.25, -0.2) is 0 Å². The van der Waals surface area contributed by atoms with Crippen molar-refractivity contribution in [2.45, 2.75) is 6.61 Å². The largest absolute Gasteiger partial charge is 0.493 e. The van der Waals surface area contributed by atoms with Crippen molar-refractivity contribution in [3.63, 3.8) is 0 Å². The zero-order valence-electron chi connectivity index (χ0n) is 15.6. The topological polar surface area (TPSA) is 35.5 Å². The van der Waals surface area contributed by atoms with Gasteiger partial charge in [0.15, 0.2) is 17.3 Å². The molecule has 3 nitrogen and oxygen atoms in total. The summed E-state index contributed by atoms with van der Waals surface area (Å²) in [6, 6.07) is 29.0. The Hall–Kier alpha value is -3.59. The van der Waals surface area contributed by atoms with Crippen molar-refractivity contribution < 1.29 is 14.3 Å². The molecule has 0 heterocycles. The van der Waals surface area contributed by atoms with E-state index in [4.69, 9.17) is 9.47 Å². The lowest BCUT2D eigenvalue weighted by molar-refractivity contribution is 0.103. The first-order chi connectivity index (χ1) is 13.7. The highest BCUT2D eigenvalue weighted by Gasteiger charge is 2.14. The van der Waals surface area contributed by atoms with Gasteiger partial charge in [-0.2, -0.15) is 0 Å². The van der Waals surface area contributed by atoms with E-state index in [0.717, 1.165) is 16.3 Å². The second-order valence-electron chi connectivity index (χ2n) is 6.53. The SMILES string of the molecule is COc1cc(C(=O)c2ccc3ccccc3c2)ccc1OCc1ccccc1. The van der Waals surface area contributed by atoms with Crippen LogP contribution in [-0.2, 0) is 6.61 Å². The van der Waals surface area contributed by atoms with Gasteiger partial charge in [-0.15, -0.1) is 0 Å². The minimum absolute atomic E-state index is 0.0429. The van der Waals surface area contributed by atoms with Crippen molar-refractivity contribution >= 4 is 16.6 Å². The number of rotatable bonds is 6. The first kappa shape index (κ1) is 17.8. The van der Waals surface area contributed by atoms with Crippen LogP contribution in [0.1, 0.15) is 21.5 Å². The first-order valence-electron chi connectivity index (χ1n) is 9.13. The molecule has 0 aliphatic rings. The summed E-state index contributed by atoms with van der Waals surface area (Å²) in [5.41, 5.74) is 2.29. The molecule has 0 bridgehead atoms. The first-order valence-corrected chi connectivity index (χ1v) is 9.13. The minimum atomic E-state index is -0.0429. The van der Waals surface area contributed by atoms with Crippen molar-refractivity contribution in [2.75, 3.05) is 7.11 Å². The van der Waals surface area contributed by atoms with Gasteiger partial charge in [-0.1, -0.05) is 66.7 Å². The maximum absolute atomic E-state index is 13.0. The van der Waals surface area contributed by atoms with Gasteiger partial charge in [-0.3, -0.25) is 4.79 Å². The van der Waals surface area contributed by atoms with Gasteiger partial charge in [0.1, 0.15) is 6.61 Å². The molecule has 0 radical (unpaired) electrons. The summed E-state index contributed by atoms with van der Waals surface area (Å²) in [7, 11) is 1.58. The molecule has 0 amide bonds. The number of hydrogen-bond donors (Lipinski definition) is 0. The number of carbonyl (C=O) groups is 1. The van der Waals surface area contributed by atoms with E-state index < -0.39 is 0 Å². The van der Waals surface area contributed by atoms with E-state index in [2.05, 4.69) is 0 Å². The highest BCUT2D eigenvalue weighted by Crippen LogP contribution is 2.30.